The van der Waals surface area contributed by atoms with Crippen molar-refractivity contribution >= 4 is 6.29 Å². The summed E-state index contributed by atoms with van der Waals surface area (Å²) >= 11 is 0. The quantitative estimate of drug-likeness (QED) is 0.537. The maximum atomic E-state index is 12.3. The van der Waals surface area contributed by atoms with Gasteiger partial charge in [-0.05, 0) is 18.9 Å². The molecule has 3 rings (SSSR count). The van der Waals surface area contributed by atoms with Crippen molar-refractivity contribution in [2.75, 3.05) is 0 Å². The Bertz CT molecular complexity index is 661. The third-order valence-corrected chi connectivity index (χ3v) is 4.28. The molecule has 1 saturated carbocycles. The van der Waals surface area contributed by atoms with Crippen molar-refractivity contribution in [2.45, 2.75) is 43.7 Å². The van der Waals surface area contributed by atoms with Crippen LogP contribution in [0.15, 0.2) is 21.7 Å². The summed E-state index contributed by atoms with van der Waals surface area (Å²) in [4.78, 5) is 35.4. The molecule has 1 aliphatic carbocycles. The van der Waals surface area contributed by atoms with Crippen LogP contribution in [-0.2, 0) is 50.1 Å². The van der Waals surface area contributed by atoms with Crippen LogP contribution in [0.25, 0.3) is 0 Å². The number of carbonyl (C=O) groups excluding carboxylic acids is 1. The maximum absolute atomic E-state index is 12.3. The first-order valence-electron chi connectivity index (χ1n) is 6.59. The first-order valence-corrected chi connectivity index (χ1v) is 6.59. The third-order valence-electron chi connectivity index (χ3n) is 4.28. The Labute approximate surface area is 141 Å². The predicted molar refractivity (Wildman–Crippen MR) is 68.9 cm³/mol. The molecule has 0 aromatic carbocycles. The molecule has 2 aliphatic rings. The van der Waals surface area contributed by atoms with Crippen molar-refractivity contribution in [1.29, 1.82) is 0 Å². The molecule has 1 unspecified atom stereocenters. The van der Waals surface area contributed by atoms with Crippen LogP contribution < -0.4 is 11.4 Å². The molecule has 2 heterocycles. The zero-order chi connectivity index (χ0) is 13.6. The number of allylic oxidation sites excluding steroid dienone is 2. The van der Waals surface area contributed by atoms with Gasteiger partial charge in [0, 0.05) is 39.8 Å². The Morgan fingerprint density at radius 2 is 1.85 bits per heavy atom. The first kappa shape index (κ1) is 15.6. The van der Waals surface area contributed by atoms with E-state index in [4.69, 9.17) is 0 Å². The van der Waals surface area contributed by atoms with E-state index in [1.54, 1.807) is 6.08 Å². The van der Waals surface area contributed by atoms with Crippen LogP contribution in [-0.4, -0.2) is 20.2 Å². The number of fused-ring (bicyclic) bond motifs is 2. The molecule has 1 atom stereocenters. The van der Waals surface area contributed by atoms with E-state index in [1.165, 1.54) is 16.4 Å². The Kier molecular flexibility index (Phi) is 4.35. The minimum atomic E-state index is -0.797. The zero-order valence-electron chi connectivity index (χ0n) is 11.4. The first-order chi connectivity index (χ1) is 9.10. The molecule has 0 bridgehead atoms. The van der Waals surface area contributed by atoms with E-state index < -0.39 is 17.3 Å². The van der Waals surface area contributed by atoms with Crippen LogP contribution >= 0.6 is 0 Å². The Morgan fingerprint density at radius 3 is 2.45 bits per heavy atom. The summed E-state index contributed by atoms with van der Waals surface area (Å²) in [7, 11) is 1.45. The van der Waals surface area contributed by atoms with Crippen molar-refractivity contribution in [3.63, 3.8) is 0 Å². The molecule has 20 heavy (non-hydrogen) atoms. The molecule has 1 spiro atoms. The fraction of sp³-hybridized carbons (Fsp3) is 0.615. The summed E-state index contributed by atoms with van der Waals surface area (Å²) in [5.74, 6) is 0. The zero-order valence-corrected chi connectivity index (χ0v) is 14.2. The van der Waals surface area contributed by atoms with Crippen LogP contribution in [0, 0.1) is 0 Å². The summed E-state index contributed by atoms with van der Waals surface area (Å²) in [5, 5.41) is 0. The van der Waals surface area contributed by atoms with Gasteiger partial charge in [-0.1, -0.05) is 31.4 Å². The fourth-order valence-electron chi connectivity index (χ4n) is 3.26. The molecule has 1 aromatic rings. The van der Waals surface area contributed by atoms with E-state index in [9.17, 15) is 14.4 Å². The SMILES string of the molecule is Cn1c(=O)n2n(c1=O)C1(C=CC2[C-]=O)CCCCC1.[Y]. The van der Waals surface area contributed by atoms with E-state index in [0.717, 1.165) is 36.7 Å². The smallest absolute Gasteiger partial charge is 0.347 e. The average Bonchev–Trinajstić information content (AvgIpc) is 2.67. The number of aromatic nitrogens is 3. The van der Waals surface area contributed by atoms with Crippen molar-refractivity contribution < 1.29 is 37.5 Å². The third kappa shape index (κ3) is 2.04. The predicted octanol–water partition coefficient (Wildman–Crippen LogP) is 0.226. The van der Waals surface area contributed by atoms with Crippen molar-refractivity contribution in [2.24, 2.45) is 7.05 Å². The van der Waals surface area contributed by atoms with E-state index in [2.05, 4.69) is 0 Å². The minimum Gasteiger partial charge on any atom is -0.539 e. The van der Waals surface area contributed by atoms with Gasteiger partial charge in [0.2, 0.25) is 0 Å². The van der Waals surface area contributed by atoms with Crippen molar-refractivity contribution in [3.05, 3.63) is 33.1 Å². The van der Waals surface area contributed by atoms with Gasteiger partial charge in [0.15, 0.2) is 0 Å². The van der Waals surface area contributed by atoms with Gasteiger partial charge in [-0.2, -0.15) is 0 Å². The number of nitrogens with zero attached hydrogens (tertiary/aromatic N) is 3. The standard InChI is InChI=1S/C13H16N3O3.Y/c1-14-11(18)15-10(9-17)5-8-13(16(15)12(14)19)6-3-2-4-7-13;/h5,8,10H,2-4,6-7H2,1H3;/q-1;. The van der Waals surface area contributed by atoms with E-state index in [0.29, 0.717) is 0 Å². The van der Waals surface area contributed by atoms with Gasteiger partial charge in [0.25, 0.3) is 0 Å². The van der Waals surface area contributed by atoms with Gasteiger partial charge in [-0.15, -0.1) is 0 Å². The molecule has 0 amide bonds. The van der Waals surface area contributed by atoms with Gasteiger partial charge in [0.05, 0.1) is 5.54 Å². The second-order valence-corrected chi connectivity index (χ2v) is 5.37. The van der Waals surface area contributed by atoms with Gasteiger partial charge >= 0.3 is 11.4 Å². The molecular weight excluding hydrogens is 335 g/mol. The van der Waals surface area contributed by atoms with Gasteiger partial charge < -0.3 is 4.79 Å². The second-order valence-electron chi connectivity index (χ2n) is 5.37. The molecule has 1 fully saturated rings. The monoisotopic (exact) mass is 351 g/mol. The number of hydrogen-bond acceptors (Lipinski definition) is 3. The topological polar surface area (TPSA) is 66.0 Å². The summed E-state index contributed by atoms with van der Waals surface area (Å²) in [6, 6.07) is -0.797. The molecule has 6 nitrogen and oxygen atoms in total. The molecule has 1 aromatic heterocycles. The summed E-state index contributed by atoms with van der Waals surface area (Å²) in [6.07, 6.45) is 10.3. The van der Waals surface area contributed by atoms with Gasteiger partial charge in [0.1, 0.15) is 0 Å². The molecule has 105 valence electrons. The molecule has 0 saturated heterocycles. The second kappa shape index (κ2) is 5.56. The van der Waals surface area contributed by atoms with Crippen LogP contribution in [0.5, 0.6) is 0 Å². The van der Waals surface area contributed by atoms with E-state index in [-0.39, 0.29) is 38.4 Å². The average molecular weight is 351 g/mol. The van der Waals surface area contributed by atoms with Crippen molar-refractivity contribution in [1.82, 2.24) is 13.9 Å². The molecule has 7 heteroatoms. The molecular formula is C13H16N3O3Y-. The largest absolute Gasteiger partial charge is 0.539 e. The van der Waals surface area contributed by atoms with Crippen LogP contribution in [0.1, 0.15) is 38.1 Å². The maximum Gasteiger partial charge on any atom is 0.347 e. The fourth-order valence-corrected chi connectivity index (χ4v) is 3.26. The van der Waals surface area contributed by atoms with Gasteiger partial charge in [-0.25, -0.2) is 25.1 Å². The number of hydrogen-bond donors (Lipinski definition) is 0. The summed E-state index contributed by atoms with van der Waals surface area (Å²) in [5.41, 5.74) is -1.24. The van der Waals surface area contributed by atoms with Crippen LogP contribution in [0.2, 0.25) is 0 Å². The van der Waals surface area contributed by atoms with E-state index in [1.807, 2.05) is 12.4 Å². The Morgan fingerprint density at radius 1 is 1.20 bits per heavy atom. The molecule has 0 N–H and O–H groups in total. The summed E-state index contributed by atoms with van der Waals surface area (Å²) < 4.78 is 3.79. The summed E-state index contributed by atoms with van der Waals surface area (Å²) in [6.45, 7) is 0. The number of rotatable bonds is 1. The Hall–Kier alpha value is -0.746. The molecule has 1 aliphatic heterocycles. The molecule has 1 radical (unpaired) electrons. The Balaban J connectivity index is 0.00000147. The van der Waals surface area contributed by atoms with E-state index >= 15 is 0 Å². The van der Waals surface area contributed by atoms with Crippen LogP contribution in [0.3, 0.4) is 0 Å². The minimum absolute atomic E-state index is 0. The van der Waals surface area contributed by atoms with Gasteiger partial charge in [-0.3, -0.25) is 4.68 Å². The van der Waals surface area contributed by atoms with Crippen molar-refractivity contribution in [3.8, 4) is 0 Å². The normalized spacial score (nSPS) is 23.1. The van der Waals surface area contributed by atoms with Crippen LogP contribution in [0.4, 0.5) is 0 Å².